The van der Waals surface area contributed by atoms with Crippen molar-refractivity contribution in [3.8, 4) is 17.0 Å². The number of carbonyl (C=O) groups is 2. The van der Waals surface area contributed by atoms with E-state index in [0.717, 1.165) is 18.5 Å². The zero-order valence-electron chi connectivity index (χ0n) is 18.6. The molecule has 1 aliphatic carbocycles. The van der Waals surface area contributed by atoms with Gasteiger partial charge in [0.05, 0.1) is 11.4 Å². The Balaban J connectivity index is 1.52. The van der Waals surface area contributed by atoms with Gasteiger partial charge in [-0.25, -0.2) is 9.18 Å². The van der Waals surface area contributed by atoms with Gasteiger partial charge in [0.2, 0.25) is 5.91 Å². The summed E-state index contributed by atoms with van der Waals surface area (Å²) in [5.41, 5.74) is 2.86. The van der Waals surface area contributed by atoms with Crippen LogP contribution in [0.2, 0.25) is 0 Å². The average molecular weight is 451 g/mol. The molecule has 0 spiro atoms. The van der Waals surface area contributed by atoms with Crippen LogP contribution in [0, 0.1) is 11.7 Å². The molecule has 172 valence electrons. The van der Waals surface area contributed by atoms with E-state index in [1.165, 1.54) is 22.9 Å². The molecule has 8 heteroatoms. The number of nitrogens with one attached hydrogen (secondary N) is 2. The first-order valence-corrected chi connectivity index (χ1v) is 11.1. The van der Waals surface area contributed by atoms with Gasteiger partial charge in [0, 0.05) is 36.2 Å². The quantitative estimate of drug-likeness (QED) is 0.471. The molecule has 0 bridgehead atoms. The van der Waals surface area contributed by atoms with Crippen LogP contribution in [0.5, 0.6) is 5.75 Å². The topological polar surface area (TPSA) is 96.3 Å². The Kier molecular flexibility index (Phi) is 6.44. The van der Waals surface area contributed by atoms with Crippen molar-refractivity contribution in [1.82, 2.24) is 15.1 Å². The number of hydrogen-bond acceptors (Lipinski definition) is 4. The van der Waals surface area contributed by atoms with Crippen LogP contribution >= 0.6 is 0 Å². The molecule has 0 saturated heterocycles. The van der Waals surface area contributed by atoms with Crippen LogP contribution in [0.3, 0.4) is 0 Å². The van der Waals surface area contributed by atoms with Gasteiger partial charge in [-0.15, -0.1) is 0 Å². The van der Waals surface area contributed by atoms with E-state index in [-0.39, 0.29) is 35.9 Å². The van der Waals surface area contributed by atoms with Gasteiger partial charge in [-0.3, -0.25) is 4.79 Å². The third-order valence-corrected chi connectivity index (χ3v) is 5.41. The van der Waals surface area contributed by atoms with E-state index in [4.69, 9.17) is 0 Å². The summed E-state index contributed by atoms with van der Waals surface area (Å²) in [5, 5.41) is 20.6. The third kappa shape index (κ3) is 5.58. The molecule has 0 aliphatic heterocycles. The lowest BCUT2D eigenvalue weighted by molar-refractivity contribution is -0.116. The fourth-order valence-electron chi connectivity index (χ4n) is 3.67. The van der Waals surface area contributed by atoms with Crippen LogP contribution < -0.4 is 10.6 Å². The van der Waals surface area contributed by atoms with Crippen molar-refractivity contribution in [2.45, 2.75) is 45.6 Å². The van der Waals surface area contributed by atoms with Gasteiger partial charge in [0.25, 0.3) is 0 Å². The first-order chi connectivity index (χ1) is 15.8. The summed E-state index contributed by atoms with van der Waals surface area (Å²) in [7, 11) is 0. The Bertz CT molecular complexity index is 1180. The Morgan fingerprint density at radius 1 is 1.18 bits per heavy atom. The smallest absolute Gasteiger partial charge is 0.342 e. The predicted molar refractivity (Wildman–Crippen MR) is 123 cm³/mol. The van der Waals surface area contributed by atoms with Crippen LogP contribution in [0.25, 0.3) is 11.3 Å². The predicted octanol–water partition coefficient (Wildman–Crippen LogP) is 5.01. The lowest BCUT2D eigenvalue weighted by Gasteiger charge is -2.09. The molecule has 33 heavy (non-hydrogen) atoms. The van der Waals surface area contributed by atoms with Crippen molar-refractivity contribution in [2.24, 2.45) is 5.92 Å². The van der Waals surface area contributed by atoms with E-state index in [0.29, 0.717) is 28.9 Å². The second-order valence-corrected chi connectivity index (χ2v) is 8.81. The summed E-state index contributed by atoms with van der Waals surface area (Å²) in [5.74, 6) is -0.0457. The molecule has 1 aromatic heterocycles. The minimum Gasteiger partial charge on any atom is -0.507 e. The fraction of sp³-hybridized carbons (Fsp3) is 0.320. The third-order valence-electron chi connectivity index (χ3n) is 5.41. The van der Waals surface area contributed by atoms with Gasteiger partial charge in [-0.2, -0.15) is 9.78 Å². The number of aromatic hydroxyl groups is 1. The normalized spacial score (nSPS) is 13.2. The summed E-state index contributed by atoms with van der Waals surface area (Å²) < 4.78 is 14.7. The van der Waals surface area contributed by atoms with E-state index in [2.05, 4.69) is 15.7 Å². The number of benzene rings is 2. The van der Waals surface area contributed by atoms with Gasteiger partial charge < -0.3 is 15.7 Å². The summed E-state index contributed by atoms with van der Waals surface area (Å²) >= 11 is 0. The molecule has 4 rings (SSSR count). The largest absolute Gasteiger partial charge is 0.507 e. The maximum Gasteiger partial charge on any atom is 0.342 e. The number of halogens is 1. The van der Waals surface area contributed by atoms with E-state index < -0.39 is 6.03 Å². The van der Waals surface area contributed by atoms with Crippen molar-refractivity contribution in [2.75, 3.05) is 5.32 Å². The summed E-state index contributed by atoms with van der Waals surface area (Å²) in [6, 6.07) is 12.3. The van der Waals surface area contributed by atoms with E-state index in [1.54, 1.807) is 24.3 Å². The zero-order chi connectivity index (χ0) is 23.5. The zero-order valence-corrected chi connectivity index (χ0v) is 18.6. The molecular formula is C25H27FN4O3. The average Bonchev–Trinajstić information content (AvgIpc) is 3.50. The lowest BCUT2D eigenvalue weighted by Crippen LogP contribution is -2.30. The molecule has 3 N–H and O–H groups in total. The number of nitrogens with zero attached hydrogens (tertiary/aromatic N) is 2. The molecule has 1 aliphatic rings. The molecule has 7 nitrogen and oxygen atoms in total. The standard InChI is InChI=1S/C25H27FN4O3/c1-15(2)10-24(32)28-19-8-9-20(23(31)12-19)21-13-22(17-6-7-17)30(29-21)25(33)27-14-16-4-3-5-18(26)11-16/h3-5,8-9,11-13,15,17,31H,6-7,10,14H2,1-2H3,(H,27,33)(H,28,32). The first kappa shape index (κ1) is 22.5. The summed E-state index contributed by atoms with van der Waals surface area (Å²) in [6.07, 6.45) is 2.33. The molecule has 1 heterocycles. The second kappa shape index (κ2) is 9.44. The number of anilines is 1. The molecule has 1 fully saturated rings. The Morgan fingerprint density at radius 3 is 2.64 bits per heavy atom. The molecule has 2 aromatic carbocycles. The highest BCUT2D eigenvalue weighted by Crippen LogP contribution is 2.42. The van der Waals surface area contributed by atoms with Crippen molar-refractivity contribution >= 4 is 17.6 Å². The van der Waals surface area contributed by atoms with Gasteiger partial charge in [0.1, 0.15) is 11.6 Å². The van der Waals surface area contributed by atoms with E-state index in [1.807, 2.05) is 19.9 Å². The highest BCUT2D eigenvalue weighted by atomic mass is 19.1. The molecule has 1 saturated carbocycles. The SMILES string of the molecule is CC(C)CC(=O)Nc1ccc(-c2cc(C3CC3)n(C(=O)NCc3cccc(F)c3)n2)c(O)c1. The Labute approximate surface area is 191 Å². The van der Waals surface area contributed by atoms with Crippen LogP contribution in [-0.4, -0.2) is 26.8 Å². The number of phenols is 1. The number of amides is 2. The van der Waals surface area contributed by atoms with Gasteiger partial charge in [0.15, 0.2) is 0 Å². The van der Waals surface area contributed by atoms with Crippen molar-refractivity contribution in [1.29, 1.82) is 0 Å². The maximum absolute atomic E-state index is 13.4. The summed E-state index contributed by atoms with van der Waals surface area (Å²) in [6.45, 7) is 4.09. The second-order valence-electron chi connectivity index (χ2n) is 8.81. The Hall–Kier alpha value is -3.68. The minimum atomic E-state index is -0.413. The molecule has 2 amide bonds. The highest BCUT2D eigenvalue weighted by Gasteiger charge is 2.30. The van der Waals surface area contributed by atoms with Gasteiger partial charge in [-0.1, -0.05) is 26.0 Å². The van der Waals surface area contributed by atoms with Crippen LogP contribution in [0.4, 0.5) is 14.9 Å². The molecular weight excluding hydrogens is 423 g/mol. The van der Waals surface area contributed by atoms with Crippen molar-refractivity contribution < 1.29 is 19.1 Å². The molecule has 0 radical (unpaired) electrons. The lowest BCUT2D eigenvalue weighted by atomic mass is 10.1. The van der Waals surface area contributed by atoms with Gasteiger partial charge in [-0.05, 0) is 54.7 Å². The summed E-state index contributed by atoms with van der Waals surface area (Å²) in [4.78, 5) is 24.8. The van der Waals surface area contributed by atoms with Crippen LogP contribution in [0.1, 0.15) is 50.3 Å². The number of rotatable bonds is 7. The van der Waals surface area contributed by atoms with E-state index >= 15 is 0 Å². The maximum atomic E-state index is 13.4. The monoisotopic (exact) mass is 450 g/mol. The minimum absolute atomic E-state index is 0.0375. The highest BCUT2D eigenvalue weighted by molar-refractivity contribution is 5.91. The van der Waals surface area contributed by atoms with Crippen molar-refractivity contribution in [3.63, 3.8) is 0 Å². The number of phenolic OH excluding ortho intramolecular Hbond substituents is 1. The number of carbonyl (C=O) groups excluding carboxylic acids is 2. The molecule has 0 atom stereocenters. The Morgan fingerprint density at radius 2 is 1.97 bits per heavy atom. The van der Waals surface area contributed by atoms with E-state index in [9.17, 15) is 19.1 Å². The fourth-order valence-corrected chi connectivity index (χ4v) is 3.67. The van der Waals surface area contributed by atoms with Crippen LogP contribution in [-0.2, 0) is 11.3 Å². The number of hydrogen-bond donors (Lipinski definition) is 3. The number of aromatic nitrogens is 2. The van der Waals surface area contributed by atoms with Gasteiger partial charge >= 0.3 is 6.03 Å². The van der Waals surface area contributed by atoms with Crippen LogP contribution in [0.15, 0.2) is 48.5 Å². The van der Waals surface area contributed by atoms with Crippen molar-refractivity contribution in [3.05, 3.63) is 65.6 Å². The molecule has 3 aromatic rings. The first-order valence-electron chi connectivity index (χ1n) is 11.1. The molecule has 0 unspecified atom stereocenters.